The van der Waals surface area contributed by atoms with E-state index >= 15 is 0 Å². The molecule has 0 bridgehead atoms. The monoisotopic (exact) mass is 368 g/mol. The molecule has 0 aliphatic carbocycles. The number of rotatable bonds is 6. The van der Waals surface area contributed by atoms with Crippen molar-refractivity contribution in [2.75, 3.05) is 20.2 Å². The van der Waals surface area contributed by atoms with Gasteiger partial charge in [-0.05, 0) is 68.9 Å². The summed E-state index contributed by atoms with van der Waals surface area (Å²) < 4.78 is 5.63. The maximum atomic E-state index is 12.6. The fourth-order valence-corrected chi connectivity index (χ4v) is 3.48. The Morgan fingerprint density at radius 2 is 2.00 bits per heavy atom. The van der Waals surface area contributed by atoms with Gasteiger partial charge in [-0.1, -0.05) is 12.1 Å². The van der Waals surface area contributed by atoms with Crippen molar-refractivity contribution < 1.29 is 9.53 Å². The molecule has 1 fully saturated rings. The number of nitrogens with one attached hydrogen (secondary N) is 1. The van der Waals surface area contributed by atoms with Crippen LogP contribution in [-0.4, -0.2) is 42.1 Å². The highest BCUT2D eigenvalue weighted by Gasteiger charge is 2.17. The minimum Gasteiger partial charge on any atom is -0.378 e. The summed E-state index contributed by atoms with van der Waals surface area (Å²) in [5, 5.41) is 0. The van der Waals surface area contributed by atoms with Crippen LogP contribution in [0.1, 0.15) is 47.3 Å². The van der Waals surface area contributed by atoms with Crippen molar-refractivity contribution in [3.63, 3.8) is 0 Å². The molecule has 144 valence electrons. The number of hydrogen-bond donors (Lipinski definition) is 1. The number of carbonyl (C=O) groups excluding carboxylic acids is 1. The minimum atomic E-state index is -0.108. The van der Waals surface area contributed by atoms with E-state index in [0.29, 0.717) is 17.2 Å². The molecule has 1 atom stereocenters. The van der Waals surface area contributed by atoms with Gasteiger partial charge in [-0.15, -0.1) is 0 Å². The van der Waals surface area contributed by atoms with Crippen LogP contribution in [0.15, 0.2) is 35.1 Å². The summed E-state index contributed by atoms with van der Waals surface area (Å²) in [6.45, 7) is 5.45. The third-order valence-electron chi connectivity index (χ3n) is 5.33. The highest BCUT2D eigenvalue weighted by molar-refractivity contribution is 5.94. The molecule has 5 heteroatoms. The number of ether oxygens (including phenoxy) is 1. The number of benzene rings is 1. The van der Waals surface area contributed by atoms with E-state index in [9.17, 15) is 9.59 Å². The van der Waals surface area contributed by atoms with Crippen molar-refractivity contribution in [3.05, 3.63) is 57.5 Å². The molecule has 2 aromatic rings. The number of carbonyl (C=O) groups is 1. The second-order valence-electron chi connectivity index (χ2n) is 7.40. The number of aromatic nitrogens is 1. The third-order valence-corrected chi connectivity index (χ3v) is 5.33. The van der Waals surface area contributed by atoms with Crippen LogP contribution in [0.25, 0.3) is 11.1 Å². The summed E-state index contributed by atoms with van der Waals surface area (Å²) >= 11 is 0. The predicted molar refractivity (Wildman–Crippen MR) is 107 cm³/mol. The summed E-state index contributed by atoms with van der Waals surface area (Å²) in [4.78, 5) is 29.4. The fourth-order valence-electron chi connectivity index (χ4n) is 3.48. The van der Waals surface area contributed by atoms with Gasteiger partial charge in [0.05, 0.1) is 6.10 Å². The molecule has 5 nitrogen and oxygen atoms in total. The van der Waals surface area contributed by atoms with Gasteiger partial charge in [0.1, 0.15) is 0 Å². The van der Waals surface area contributed by atoms with Gasteiger partial charge in [-0.3, -0.25) is 9.59 Å². The van der Waals surface area contributed by atoms with Gasteiger partial charge in [0.25, 0.3) is 11.5 Å². The molecule has 0 radical (unpaired) electrons. The second kappa shape index (κ2) is 8.53. The maximum Gasteiger partial charge on any atom is 0.256 e. The Hall–Kier alpha value is -2.40. The lowest BCUT2D eigenvalue weighted by molar-refractivity contribution is 0.0763. The van der Waals surface area contributed by atoms with Gasteiger partial charge >= 0.3 is 0 Å². The van der Waals surface area contributed by atoms with Gasteiger partial charge in [0.15, 0.2) is 0 Å². The van der Waals surface area contributed by atoms with Crippen LogP contribution < -0.4 is 5.56 Å². The van der Waals surface area contributed by atoms with Crippen LogP contribution in [0.3, 0.4) is 0 Å². The van der Waals surface area contributed by atoms with Crippen LogP contribution in [-0.2, 0) is 4.74 Å². The zero-order chi connectivity index (χ0) is 19.4. The number of H-pyrrole nitrogens is 1. The molecule has 0 spiro atoms. The van der Waals surface area contributed by atoms with Crippen molar-refractivity contribution >= 4 is 5.91 Å². The van der Waals surface area contributed by atoms with Crippen LogP contribution in [0, 0.1) is 13.8 Å². The van der Waals surface area contributed by atoms with E-state index in [4.69, 9.17) is 4.74 Å². The number of hydrogen-bond acceptors (Lipinski definition) is 3. The molecule has 1 aliphatic heterocycles. The van der Waals surface area contributed by atoms with Gasteiger partial charge in [0.2, 0.25) is 0 Å². The Balaban J connectivity index is 1.63. The number of amides is 1. The molecule has 1 aromatic carbocycles. The van der Waals surface area contributed by atoms with E-state index in [2.05, 4.69) is 4.98 Å². The molecule has 27 heavy (non-hydrogen) atoms. The lowest BCUT2D eigenvalue weighted by Gasteiger charge is -2.18. The van der Waals surface area contributed by atoms with Gasteiger partial charge in [0, 0.05) is 37.0 Å². The molecule has 0 saturated carbocycles. The van der Waals surface area contributed by atoms with E-state index in [1.54, 1.807) is 17.0 Å². The van der Waals surface area contributed by atoms with Crippen LogP contribution in [0.5, 0.6) is 0 Å². The number of pyridine rings is 1. The Labute approximate surface area is 160 Å². The Morgan fingerprint density at radius 1 is 1.26 bits per heavy atom. The molecule has 2 heterocycles. The van der Waals surface area contributed by atoms with Crippen molar-refractivity contribution in [2.45, 2.75) is 45.6 Å². The molecule has 1 amide bonds. The highest BCUT2D eigenvalue weighted by atomic mass is 16.5. The zero-order valence-corrected chi connectivity index (χ0v) is 16.4. The van der Waals surface area contributed by atoms with E-state index < -0.39 is 0 Å². The summed E-state index contributed by atoms with van der Waals surface area (Å²) in [5.41, 5.74) is 3.89. The first kappa shape index (κ1) is 19.4. The molecule has 1 saturated heterocycles. The summed E-state index contributed by atoms with van der Waals surface area (Å²) in [6, 6.07) is 9.16. The first-order valence-electron chi connectivity index (χ1n) is 9.63. The highest BCUT2D eigenvalue weighted by Crippen LogP contribution is 2.19. The second-order valence-corrected chi connectivity index (χ2v) is 7.40. The Bertz CT molecular complexity index is 849. The molecular weight excluding hydrogens is 340 g/mol. The standard InChI is InChI=1S/C22H28N2O3/c1-15-14-20(21(25)23-16(15)2)17-8-10-18(11-9-17)22(26)24(3)12-4-6-19-7-5-13-27-19/h8-11,14,19H,4-7,12-13H2,1-3H3,(H,23,25)/t19-/m1/s1. The van der Waals surface area contributed by atoms with Crippen LogP contribution >= 0.6 is 0 Å². The smallest absolute Gasteiger partial charge is 0.256 e. The largest absolute Gasteiger partial charge is 0.378 e. The lowest BCUT2D eigenvalue weighted by Crippen LogP contribution is -2.28. The summed E-state index contributed by atoms with van der Waals surface area (Å²) in [5.74, 6) is 0.00267. The van der Waals surface area contributed by atoms with Crippen molar-refractivity contribution in [1.82, 2.24) is 9.88 Å². The SMILES string of the molecule is Cc1cc(-c2ccc(C(=O)N(C)CCC[C@@H]3CCCO3)cc2)c(=O)[nH]c1C. The zero-order valence-electron chi connectivity index (χ0n) is 16.4. The van der Waals surface area contributed by atoms with Crippen molar-refractivity contribution in [2.24, 2.45) is 0 Å². The Kier molecular flexibility index (Phi) is 6.11. The molecule has 1 aliphatic rings. The molecule has 1 N–H and O–H groups in total. The average Bonchev–Trinajstić information content (AvgIpc) is 3.17. The maximum absolute atomic E-state index is 12.6. The first-order valence-corrected chi connectivity index (χ1v) is 9.63. The molecule has 0 unspecified atom stereocenters. The lowest BCUT2D eigenvalue weighted by atomic mass is 10.0. The third kappa shape index (κ3) is 4.66. The van der Waals surface area contributed by atoms with E-state index in [-0.39, 0.29) is 11.5 Å². The average molecular weight is 368 g/mol. The van der Waals surface area contributed by atoms with E-state index in [0.717, 1.165) is 55.7 Å². The van der Waals surface area contributed by atoms with Crippen LogP contribution in [0.2, 0.25) is 0 Å². The van der Waals surface area contributed by atoms with Crippen molar-refractivity contribution in [1.29, 1.82) is 0 Å². The Morgan fingerprint density at radius 3 is 2.67 bits per heavy atom. The predicted octanol–water partition coefficient (Wildman–Crippen LogP) is 3.69. The fraction of sp³-hybridized carbons (Fsp3) is 0.455. The number of aryl methyl sites for hydroxylation is 2. The van der Waals surface area contributed by atoms with Gasteiger partial charge < -0.3 is 14.6 Å². The topological polar surface area (TPSA) is 62.4 Å². The molecular formula is C22H28N2O3. The molecule has 1 aromatic heterocycles. The summed E-state index contributed by atoms with van der Waals surface area (Å²) in [7, 11) is 1.83. The van der Waals surface area contributed by atoms with E-state index in [1.807, 2.05) is 39.1 Å². The number of nitrogens with zero attached hydrogens (tertiary/aromatic N) is 1. The quantitative estimate of drug-likeness (QED) is 0.846. The van der Waals surface area contributed by atoms with Gasteiger partial charge in [-0.2, -0.15) is 0 Å². The van der Waals surface area contributed by atoms with E-state index in [1.165, 1.54) is 0 Å². The van der Waals surface area contributed by atoms with Crippen LogP contribution in [0.4, 0.5) is 0 Å². The van der Waals surface area contributed by atoms with Gasteiger partial charge in [-0.25, -0.2) is 0 Å². The minimum absolute atomic E-state index is 0.00267. The van der Waals surface area contributed by atoms with Crippen molar-refractivity contribution in [3.8, 4) is 11.1 Å². The summed E-state index contributed by atoms with van der Waals surface area (Å²) in [6.07, 6.45) is 4.60. The first-order chi connectivity index (χ1) is 13.0. The number of aromatic amines is 1. The molecule has 3 rings (SSSR count). The normalized spacial score (nSPS) is 16.5.